The van der Waals surface area contributed by atoms with E-state index < -0.39 is 11.8 Å². The van der Waals surface area contributed by atoms with Gasteiger partial charge in [0.25, 0.3) is 0 Å². The van der Waals surface area contributed by atoms with Crippen molar-refractivity contribution in [2.24, 2.45) is 0 Å². The van der Waals surface area contributed by atoms with Crippen LogP contribution < -0.4 is 4.74 Å². The molecule has 0 spiro atoms. The molecule has 0 saturated heterocycles. The molecule has 2 N–H and O–H groups in total. The molecule has 17 heavy (non-hydrogen) atoms. The van der Waals surface area contributed by atoms with Crippen LogP contribution in [0.1, 0.15) is 23.2 Å². The minimum Gasteiger partial charge on any atom is -0.507 e. The molecule has 1 rings (SSSR count). The van der Waals surface area contributed by atoms with Crippen molar-refractivity contribution in [1.82, 2.24) is 0 Å². The number of halogens is 1. The standard InChI is InChI=1S/C11H11ClO5/c1-17-10-5-9(14)6(4-7(10)12)8(13)2-3-11(15)16/h4-5,14H,2-3H2,1H3,(H,15,16). The summed E-state index contributed by atoms with van der Waals surface area (Å²) in [6.45, 7) is 0. The lowest BCUT2D eigenvalue weighted by Gasteiger charge is -2.07. The molecule has 0 aliphatic carbocycles. The summed E-state index contributed by atoms with van der Waals surface area (Å²) in [4.78, 5) is 21.9. The number of Topliss-reactive ketones (excluding diaryl/α,β-unsaturated/α-hetero) is 1. The number of hydrogen-bond donors (Lipinski definition) is 2. The average molecular weight is 259 g/mol. The maximum Gasteiger partial charge on any atom is 0.303 e. The minimum atomic E-state index is -1.07. The quantitative estimate of drug-likeness (QED) is 0.790. The van der Waals surface area contributed by atoms with Gasteiger partial charge in [0.2, 0.25) is 0 Å². The van der Waals surface area contributed by atoms with E-state index in [1.165, 1.54) is 19.2 Å². The van der Waals surface area contributed by atoms with E-state index in [4.69, 9.17) is 21.4 Å². The number of hydrogen-bond acceptors (Lipinski definition) is 4. The number of ketones is 1. The summed E-state index contributed by atoms with van der Waals surface area (Å²) in [7, 11) is 1.38. The first-order chi connectivity index (χ1) is 7.95. The SMILES string of the molecule is COc1cc(O)c(C(=O)CCC(=O)O)cc1Cl. The van der Waals surface area contributed by atoms with Crippen LogP contribution in [0.5, 0.6) is 11.5 Å². The Morgan fingerprint density at radius 3 is 2.53 bits per heavy atom. The van der Waals surface area contributed by atoms with E-state index in [2.05, 4.69) is 0 Å². The predicted molar refractivity (Wildman–Crippen MR) is 60.9 cm³/mol. The molecule has 5 nitrogen and oxygen atoms in total. The fraction of sp³-hybridized carbons (Fsp3) is 0.273. The highest BCUT2D eigenvalue weighted by molar-refractivity contribution is 6.32. The normalized spacial score (nSPS) is 10.0. The smallest absolute Gasteiger partial charge is 0.303 e. The van der Waals surface area contributed by atoms with Crippen molar-refractivity contribution >= 4 is 23.4 Å². The summed E-state index contributed by atoms with van der Waals surface area (Å²) in [5.74, 6) is -1.58. The molecular weight excluding hydrogens is 248 g/mol. The van der Waals surface area contributed by atoms with Crippen molar-refractivity contribution in [2.45, 2.75) is 12.8 Å². The average Bonchev–Trinajstić information content (AvgIpc) is 2.28. The van der Waals surface area contributed by atoms with Gasteiger partial charge in [0.1, 0.15) is 11.5 Å². The Hall–Kier alpha value is -1.75. The Bertz CT molecular complexity index is 455. The van der Waals surface area contributed by atoms with Crippen LogP contribution in [0.15, 0.2) is 12.1 Å². The molecule has 0 amide bonds. The number of phenolic OH excluding ortho intramolecular Hbond substituents is 1. The number of carbonyl (C=O) groups is 2. The lowest BCUT2D eigenvalue weighted by Crippen LogP contribution is -2.04. The molecule has 0 unspecified atom stereocenters. The molecule has 0 radical (unpaired) electrons. The van der Waals surface area contributed by atoms with Crippen molar-refractivity contribution in [3.05, 3.63) is 22.7 Å². The lowest BCUT2D eigenvalue weighted by molar-refractivity contribution is -0.136. The predicted octanol–water partition coefficient (Wildman–Crippen LogP) is 2.10. The van der Waals surface area contributed by atoms with Crippen molar-refractivity contribution in [1.29, 1.82) is 0 Å². The molecule has 0 aliphatic heterocycles. The topological polar surface area (TPSA) is 83.8 Å². The first kappa shape index (κ1) is 13.3. The van der Waals surface area contributed by atoms with Gasteiger partial charge in [-0.05, 0) is 6.07 Å². The van der Waals surface area contributed by atoms with Gasteiger partial charge in [-0.3, -0.25) is 9.59 Å². The van der Waals surface area contributed by atoms with Gasteiger partial charge in [0.15, 0.2) is 5.78 Å². The monoisotopic (exact) mass is 258 g/mol. The van der Waals surface area contributed by atoms with E-state index in [9.17, 15) is 14.7 Å². The number of carboxylic acid groups (broad SMARTS) is 1. The third-order valence-electron chi connectivity index (χ3n) is 2.14. The van der Waals surface area contributed by atoms with Gasteiger partial charge in [0.05, 0.1) is 24.1 Å². The highest BCUT2D eigenvalue weighted by Crippen LogP contribution is 2.32. The second-order valence-corrected chi connectivity index (χ2v) is 3.73. The maximum absolute atomic E-state index is 11.6. The first-order valence-corrected chi connectivity index (χ1v) is 5.15. The first-order valence-electron chi connectivity index (χ1n) is 4.77. The van der Waals surface area contributed by atoms with Crippen molar-refractivity contribution in [3.63, 3.8) is 0 Å². The molecule has 0 heterocycles. The molecule has 0 aliphatic rings. The van der Waals surface area contributed by atoms with Crippen LogP contribution in [-0.2, 0) is 4.79 Å². The van der Waals surface area contributed by atoms with Gasteiger partial charge in [-0.25, -0.2) is 0 Å². The molecule has 0 aromatic heterocycles. The molecule has 1 aromatic rings. The Balaban J connectivity index is 2.94. The molecule has 92 valence electrons. The van der Waals surface area contributed by atoms with E-state index in [-0.39, 0.29) is 34.9 Å². The summed E-state index contributed by atoms with van der Waals surface area (Å²) in [5, 5.41) is 18.2. The largest absolute Gasteiger partial charge is 0.507 e. The van der Waals surface area contributed by atoms with Gasteiger partial charge in [-0.1, -0.05) is 11.6 Å². The third-order valence-corrected chi connectivity index (χ3v) is 2.43. The van der Waals surface area contributed by atoms with E-state index >= 15 is 0 Å². The summed E-state index contributed by atoms with van der Waals surface area (Å²) >= 11 is 5.80. The molecule has 0 bridgehead atoms. The molecule has 0 atom stereocenters. The Morgan fingerprint density at radius 1 is 1.35 bits per heavy atom. The van der Waals surface area contributed by atoms with Crippen LogP contribution in [0.3, 0.4) is 0 Å². The molecule has 6 heteroatoms. The maximum atomic E-state index is 11.6. The van der Waals surface area contributed by atoms with E-state index in [0.29, 0.717) is 0 Å². The second-order valence-electron chi connectivity index (χ2n) is 3.32. The number of aromatic hydroxyl groups is 1. The van der Waals surface area contributed by atoms with Crippen LogP contribution in [-0.4, -0.2) is 29.1 Å². The summed E-state index contributed by atoms with van der Waals surface area (Å²) in [6.07, 6.45) is -0.479. The van der Waals surface area contributed by atoms with Gasteiger partial charge in [-0.2, -0.15) is 0 Å². The fourth-order valence-electron chi connectivity index (χ4n) is 1.28. The van der Waals surface area contributed by atoms with Crippen molar-refractivity contribution in [2.75, 3.05) is 7.11 Å². The number of carboxylic acids is 1. The molecule has 1 aromatic carbocycles. The van der Waals surface area contributed by atoms with Crippen LogP contribution in [0.25, 0.3) is 0 Å². The van der Waals surface area contributed by atoms with E-state index in [1.54, 1.807) is 0 Å². The van der Waals surface area contributed by atoms with Crippen LogP contribution in [0.2, 0.25) is 5.02 Å². The van der Waals surface area contributed by atoms with E-state index in [0.717, 1.165) is 0 Å². The van der Waals surface area contributed by atoms with Gasteiger partial charge < -0.3 is 14.9 Å². The van der Waals surface area contributed by atoms with Crippen molar-refractivity contribution in [3.8, 4) is 11.5 Å². The minimum absolute atomic E-state index is 0.00273. The lowest BCUT2D eigenvalue weighted by atomic mass is 10.1. The second kappa shape index (κ2) is 5.54. The number of aliphatic carboxylic acids is 1. The zero-order valence-corrected chi connectivity index (χ0v) is 9.82. The number of carbonyl (C=O) groups excluding carboxylic acids is 1. The summed E-state index contributed by atoms with van der Waals surface area (Å²) < 4.78 is 4.86. The van der Waals surface area contributed by atoms with Gasteiger partial charge >= 0.3 is 5.97 Å². The Morgan fingerprint density at radius 2 is 2.00 bits per heavy atom. The van der Waals surface area contributed by atoms with Crippen LogP contribution in [0.4, 0.5) is 0 Å². The van der Waals surface area contributed by atoms with Crippen molar-refractivity contribution < 1.29 is 24.5 Å². The Kier molecular flexibility index (Phi) is 4.34. The van der Waals surface area contributed by atoms with Gasteiger partial charge in [0, 0.05) is 12.5 Å². The van der Waals surface area contributed by atoms with Crippen LogP contribution in [0, 0.1) is 0 Å². The molecule has 0 saturated carbocycles. The zero-order valence-electron chi connectivity index (χ0n) is 9.07. The van der Waals surface area contributed by atoms with E-state index in [1.807, 2.05) is 0 Å². The summed E-state index contributed by atoms with van der Waals surface area (Å²) in [6, 6.07) is 2.48. The number of benzene rings is 1. The van der Waals surface area contributed by atoms with Crippen LogP contribution >= 0.6 is 11.6 Å². The molecule has 0 fully saturated rings. The number of rotatable bonds is 5. The zero-order chi connectivity index (χ0) is 13.0. The van der Waals surface area contributed by atoms with Gasteiger partial charge in [-0.15, -0.1) is 0 Å². The highest BCUT2D eigenvalue weighted by atomic mass is 35.5. The summed E-state index contributed by atoms with van der Waals surface area (Å²) in [5.41, 5.74) is -0.00273. The fourth-order valence-corrected chi connectivity index (χ4v) is 1.52. The highest BCUT2D eigenvalue weighted by Gasteiger charge is 2.15. The molecular formula is C11H11ClO5. The number of phenols is 1. The Labute approximate surface area is 103 Å². The number of ether oxygens (including phenoxy) is 1. The third kappa shape index (κ3) is 3.35. The number of methoxy groups -OCH3 is 1.